The van der Waals surface area contributed by atoms with E-state index in [9.17, 15) is 13.6 Å². The Kier molecular flexibility index (Phi) is 6.61. The normalized spacial score (nSPS) is 15.6. The van der Waals surface area contributed by atoms with Crippen molar-refractivity contribution < 1.29 is 13.5 Å². The van der Waals surface area contributed by atoms with E-state index in [1.165, 1.54) is 6.07 Å². The van der Waals surface area contributed by atoms with Gasteiger partial charge in [0.05, 0.1) is 0 Å². The number of hydrogen-bond donors (Lipinski definition) is 0. The lowest BCUT2D eigenvalue weighted by Crippen LogP contribution is -2.34. The summed E-state index contributed by atoms with van der Waals surface area (Å²) in [6.45, 7) is 5.75. The molecule has 1 saturated heterocycles. The summed E-state index contributed by atoms with van der Waals surface area (Å²) in [4.78, 5) is 19.7. The Balaban J connectivity index is 1.92. The molecule has 0 aliphatic carbocycles. The molecule has 1 aromatic heterocycles. The highest BCUT2D eigenvalue weighted by Gasteiger charge is 2.25. The number of halogens is 3. The van der Waals surface area contributed by atoms with E-state index < -0.39 is 11.6 Å². The molecular formula is C20H22BrF2N3O2. The standard InChI is InChI=1S/C20H22BrF2N3O2/c1-3-8-26-18(13-6-9-25(2)10-7-13)24-19(17(21)20(26)27)28-12-14-4-5-15(22)11-16(14)23/h3-5,11,13H,1,6-10,12H2,2H3. The van der Waals surface area contributed by atoms with Gasteiger partial charge in [0, 0.05) is 24.1 Å². The van der Waals surface area contributed by atoms with Gasteiger partial charge in [-0.05, 0) is 61.0 Å². The molecule has 1 aromatic carbocycles. The fourth-order valence-electron chi connectivity index (χ4n) is 3.29. The first kappa shape index (κ1) is 20.7. The number of benzene rings is 1. The van der Waals surface area contributed by atoms with Gasteiger partial charge >= 0.3 is 0 Å². The smallest absolute Gasteiger partial charge is 0.272 e. The Morgan fingerprint density at radius 2 is 2.07 bits per heavy atom. The number of rotatable bonds is 6. The second kappa shape index (κ2) is 8.96. The van der Waals surface area contributed by atoms with Gasteiger partial charge in [0.2, 0.25) is 5.88 Å². The van der Waals surface area contributed by atoms with Crippen molar-refractivity contribution in [2.24, 2.45) is 0 Å². The Labute approximate surface area is 170 Å². The number of aromatic nitrogens is 2. The molecule has 1 fully saturated rings. The summed E-state index contributed by atoms with van der Waals surface area (Å²) in [5.41, 5.74) is -0.0791. The number of hydrogen-bond acceptors (Lipinski definition) is 4. The number of allylic oxidation sites excluding steroid dienone is 1. The molecule has 0 radical (unpaired) electrons. The lowest BCUT2D eigenvalue weighted by molar-refractivity contribution is 0.243. The first-order valence-electron chi connectivity index (χ1n) is 9.07. The quantitative estimate of drug-likeness (QED) is 0.623. The topological polar surface area (TPSA) is 47.4 Å². The van der Waals surface area contributed by atoms with Crippen LogP contribution >= 0.6 is 15.9 Å². The molecular weight excluding hydrogens is 432 g/mol. The average Bonchev–Trinajstić information content (AvgIpc) is 2.67. The average molecular weight is 454 g/mol. The van der Waals surface area contributed by atoms with E-state index in [-0.39, 0.29) is 34.0 Å². The molecule has 0 saturated carbocycles. The maximum atomic E-state index is 13.9. The molecule has 0 N–H and O–H groups in total. The maximum absolute atomic E-state index is 13.9. The third kappa shape index (κ3) is 4.50. The van der Waals surface area contributed by atoms with Crippen molar-refractivity contribution in [3.05, 3.63) is 68.7 Å². The van der Waals surface area contributed by atoms with Gasteiger partial charge in [-0.15, -0.1) is 6.58 Å². The third-order valence-electron chi connectivity index (χ3n) is 4.89. The fourth-order valence-corrected chi connectivity index (χ4v) is 3.71. The summed E-state index contributed by atoms with van der Waals surface area (Å²) in [5, 5.41) is 0. The van der Waals surface area contributed by atoms with Crippen LogP contribution < -0.4 is 10.3 Å². The molecule has 0 atom stereocenters. The van der Waals surface area contributed by atoms with Crippen LogP contribution in [0.3, 0.4) is 0 Å². The molecule has 0 amide bonds. The Morgan fingerprint density at radius 1 is 1.36 bits per heavy atom. The number of ether oxygens (including phenoxy) is 1. The Morgan fingerprint density at radius 3 is 2.71 bits per heavy atom. The van der Waals surface area contributed by atoms with E-state index in [0.717, 1.165) is 38.1 Å². The van der Waals surface area contributed by atoms with Crippen molar-refractivity contribution >= 4 is 15.9 Å². The minimum Gasteiger partial charge on any atom is -0.472 e. The van der Waals surface area contributed by atoms with Gasteiger partial charge < -0.3 is 9.64 Å². The fraction of sp³-hybridized carbons (Fsp3) is 0.400. The monoisotopic (exact) mass is 453 g/mol. The highest BCUT2D eigenvalue weighted by atomic mass is 79.9. The molecule has 28 heavy (non-hydrogen) atoms. The van der Waals surface area contributed by atoms with Crippen LogP contribution in [0.1, 0.15) is 30.1 Å². The van der Waals surface area contributed by atoms with Crippen LogP contribution in [0, 0.1) is 11.6 Å². The predicted molar refractivity (Wildman–Crippen MR) is 107 cm³/mol. The van der Waals surface area contributed by atoms with E-state index in [2.05, 4.69) is 39.4 Å². The molecule has 8 heteroatoms. The second-order valence-corrected chi connectivity index (χ2v) is 7.69. The van der Waals surface area contributed by atoms with Gasteiger partial charge in [-0.3, -0.25) is 9.36 Å². The highest BCUT2D eigenvalue weighted by Crippen LogP contribution is 2.29. The number of likely N-dealkylation sites (tertiary alicyclic amines) is 1. The van der Waals surface area contributed by atoms with E-state index in [4.69, 9.17) is 4.74 Å². The van der Waals surface area contributed by atoms with Gasteiger partial charge in [0.25, 0.3) is 5.56 Å². The number of piperidine rings is 1. The van der Waals surface area contributed by atoms with Crippen LogP contribution in [0.2, 0.25) is 0 Å². The zero-order valence-electron chi connectivity index (χ0n) is 15.6. The lowest BCUT2D eigenvalue weighted by atomic mass is 9.96. The van der Waals surface area contributed by atoms with Crippen molar-refractivity contribution in [1.29, 1.82) is 0 Å². The minimum atomic E-state index is -0.702. The molecule has 2 heterocycles. The molecule has 150 valence electrons. The SMILES string of the molecule is C=CCn1c(C2CCN(C)CC2)nc(OCc2ccc(F)cc2F)c(Br)c1=O. The molecule has 3 rings (SSSR count). The first-order chi connectivity index (χ1) is 13.4. The molecule has 1 aliphatic rings. The maximum Gasteiger partial charge on any atom is 0.272 e. The van der Waals surface area contributed by atoms with E-state index in [1.807, 2.05) is 0 Å². The molecule has 0 unspecified atom stereocenters. The molecule has 1 aliphatic heterocycles. The summed E-state index contributed by atoms with van der Waals surface area (Å²) in [5.74, 6) is -0.468. The van der Waals surface area contributed by atoms with Crippen molar-refractivity contribution in [3.63, 3.8) is 0 Å². The summed E-state index contributed by atoms with van der Waals surface area (Å²) in [6, 6.07) is 3.28. The second-order valence-electron chi connectivity index (χ2n) is 6.90. The van der Waals surface area contributed by atoms with Crippen molar-refractivity contribution in [2.75, 3.05) is 20.1 Å². The zero-order chi connectivity index (χ0) is 20.3. The van der Waals surface area contributed by atoms with Crippen LogP contribution in [0.5, 0.6) is 5.88 Å². The molecule has 5 nitrogen and oxygen atoms in total. The molecule has 2 aromatic rings. The van der Waals surface area contributed by atoms with Crippen molar-refractivity contribution in [3.8, 4) is 5.88 Å². The van der Waals surface area contributed by atoms with Crippen LogP contribution in [0.15, 0.2) is 40.1 Å². The molecule has 0 bridgehead atoms. The van der Waals surface area contributed by atoms with Crippen LogP contribution in [0.4, 0.5) is 8.78 Å². The van der Waals surface area contributed by atoms with Crippen LogP contribution in [-0.4, -0.2) is 34.6 Å². The van der Waals surface area contributed by atoms with Gasteiger partial charge in [0.15, 0.2) is 0 Å². The predicted octanol–water partition coefficient (Wildman–Crippen LogP) is 3.86. The van der Waals surface area contributed by atoms with Crippen LogP contribution in [-0.2, 0) is 13.2 Å². The first-order valence-corrected chi connectivity index (χ1v) is 9.86. The van der Waals surface area contributed by atoms with Gasteiger partial charge in [-0.2, -0.15) is 4.98 Å². The lowest BCUT2D eigenvalue weighted by Gasteiger charge is -2.30. The summed E-state index contributed by atoms with van der Waals surface area (Å²) in [7, 11) is 2.06. The zero-order valence-corrected chi connectivity index (χ0v) is 17.2. The van der Waals surface area contributed by atoms with Gasteiger partial charge in [0.1, 0.15) is 28.5 Å². The summed E-state index contributed by atoms with van der Waals surface area (Å²) in [6.07, 6.45) is 3.42. The molecule has 0 spiro atoms. The third-order valence-corrected chi connectivity index (χ3v) is 5.57. The Hall–Kier alpha value is -2.06. The van der Waals surface area contributed by atoms with Crippen molar-refractivity contribution in [2.45, 2.75) is 31.9 Å². The van der Waals surface area contributed by atoms with E-state index in [1.54, 1.807) is 10.6 Å². The largest absolute Gasteiger partial charge is 0.472 e. The number of nitrogens with zero attached hydrogens (tertiary/aromatic N) is 3. The highest BCUT2D eigenvalue weighted by molar-refractivity contribution is 9.10. The van der Waals surface area contributed by atoms with Gasteiger partial charge in [-0.25, -0.2) is 8.78 Å². The van der Waals surface area contributed by atoms with Crippen molar-refractivity contribution in [1.82, 2.24) is 14.5 Å². The van der Waals surface area contributed by atoms with Crippen LogP contribution in [0.25, 0.3) is 0 Å². The van der Waals surface area contributed by atoms with Gasteiger partial charge in [-0.1, -0.05) is 6.08 Å². The summed E-state index contributed by atoms with van der Waals surface area (Å²) < 4.78 is 34.4. The van der Waals surface area contributed by atoms with E-state index >= 15 is 0 Å². The minimum absolute atomic E-state index is 0.114. The Bertz CT molecular complexity index is 924. The summed E-state index contributed by atoms with van der Waals surface area (Å²) >= 11 is 3.26. The van der Waals surface area contributed by atoms with E-state index in [0.29, 0.717) is 12.4 Å².